The number of aryl methyl sites for hydroxylation is 1. The first-order valence-corrected chi connectivity index (χ1v) is 16.5. The van der Waals surface area contributed by atoms with Crippen LogP contribution in [0, 0.1) is 0 Å². The van der Waals surface area contributed by atoms with Crippen molar-refractivity contribution in [3.63, 3.8) is 0 Å². The van der Waals surface area contributed by atoms with Crippen LogP contribution in [-0.4, -0.2) is 106 Å². The van der Waals surface area contributed by atoms with Crippen molar-refractivity contribution in [2.24, 2.45) is 12.2 Å². The number of rotatable bonds is 13. The predicted molar refractivity (Wildman–Crippen MR) is 170 cm³/mol. The van der Waals surface area contributed by atoms with E-state index in [9.17, 15) is 34.2 Å². The second kappa shape index (κ2) is 14.5. The molecule has 3 aromatic rings. The smallest absolute Gasteiger partial charge is 0.352 e. The Morgan fingerprint density at radius 3 is 2.79 bits per heavy atom. The van der Waals surface area contributed by atoms with E-state index in [0.717, 1.165) is 16.2 Å². The summed E-state index contributed by atoms with van der Waals surface area (Å²) in [6.45, 7) is -0.740. The quantitative estimate of drug-likeness (QED) is 0.0412. The van der Waals surface area contributed by atoms with Crippen molar-refractivity contribution in [2.45, 2.75) is 16.6 Å². The molecule has 18 nitrogen and oxygen atoms in total. The van der Waals surface area contributed by atoms with E-state index in [-0.39, 0.29) is 43.8 Å². The number of benzene rings is 1. The topological polar surface area (TPSA) is 243 Å². The molecule has 1 fully saturated rings. The molecule has 5 N–H and O–H groups in total. The van der Waals surface area contributed by atoms with Gasteiger partial charge in [-0.2, -0.15) is 0 Å². The highest BCUT2D eigenvalue weighted by atomic mass is 35.5. The number of anilines is 2. The van der Waals surface area contributed by atoms with Gasteiger partial charge in [-0.15, -0.1) is 28.2 Å². The van der Waals surface area contributed by atoms with Crippen LogP contribution >= 0.6 is 58.1 Å². The van der Waals surface area contributed by atoms with Gasteiger partial charge in [-0.25, -0.2) is 14.5 Å². The number of carboxylic acids is 1. The first kappa shape index (κ1) is 33.9. The Hall–Kier alpha value is -4.44. The lowest BCUT2D eigenvalue weighted by Gasteiger charge is -2.49. The maximum atomic E-state index is 13.4. The average Bonchev–Trinajstić information content (AvgIpc) is 3.67. The molecular weight excluding hydrogens is 723 g/mol. The maximum absolute atomic E-state index is 13.4. The number of amides is 4. The van der Waals surface area contributed by atoms with Crippen molar-refractivity contribution in [1.82, 2.24) is 35.4 Å². The molecule has 2 aliphatic heterocycles. The molecule has 1 saturated heterocycles. The third kappa shape index (κ3) is 7.43. The number of aromatic hydroxyl groups is 1. The van der Waals surface area contributed by atoms with Gasteiger partial charge in [-0.1, -0.05) is 40.1 Å². The third-order valence-corrected chi connectivity index (χ3v) is 10.0. The molecule has 4 amide bonds. The predicted octanol–water partition coefficient (Wildman–Crippen LogP) is 1.14. The molecule has 23 heteroatoms. The molecule has 4 heterocycles. The number of oxime groups is 1. The van der Waals surface area contributed by atoms with Crippen LogP contribution in [0.1, 0.15) is 5.69 Å². The van der Waals surface area contributed by atoms with Crippen LogP contribution in [-0.2, 0) is 35.9 Å². The number of carboxylic acid groups (broad SMARTS) is 1. The minimum Gasteiger partial charge on any atom is -0.504 e. The molecule has 246 valence electrons. The van der Waals surface area contributed by atoms with Crippen molar-refractivity contribution in [2.75, 3.05) is 28.7 Å². The second-order valence-electron chi connectivity index (χ2n) is 9.34. The Labute approximate surface area is 285 Å². The van der Waals surface area contributed by atoms with Crippen LogP contribution in [0.2, 0.25) is 10.0 Å². The zero-order valence-electron chi connectivity index (χ0n) is 23.5. The summed E-state index contributed by atoms with van der Waals surface area (Å²) in [5.74, 6) is -3.67. The number of fused-ring (bicyclic) bond motifs is 1. The van der Waals surface area contributed by atoms with E-state index in [1.54, 1.807) is 7.05 Å². The van der Waals surface area contributed by atoms with Gasteiger partial charge in [0, 0.05) is 29.0 Å². The molecule has 2 atom stereocenters. The van der Waals surface area contributed by atoms with Gasteiger partial charge in [0.05, 0.1) is 10.7 Å². The zero-order valence-corrected chi connectivity index (χ0v) is 27.5. The second-order valence-corrected chi connectivity index (χ2v) is 13.1. The van der Waals surface area contributed by atoms with Crippen molar-refractivity contribution < 1.29 is 39.0 Å². The van der Waals surface area contributed by atoms with Crippen LogP contribution in [0.25, 0.3) is 0 Å². The van der Waals surface area contributed by atoms with Gasteiger partial charge >= 0.3 is 5.97 Å². The SMILES string of the molecule is Cn1nnnc1SCC1=C(C(=O)O)N2C(=O)C(NC(=O)C(=NOCC(=O)Nc3cc(Cl)cc(Cl)c3O)c3csc(NC=O)n3)[C@H]2SC1. The fourth-order valence-corrected chi connectivity index (χ4v) is 7.69. The lowest BCUT2D eigenvalue weighted by atomic mass is 10.0. The summed E-state index contributed by atoms with van der Waals surface area (Å²) in [6.07, 6.45) is 0.379. The number of nitrogens with zero attached hydrogens (tertiary/aromatic N) is 7. The van der Waals surface area contributed by atoms with Crippen molar-refractivity contribution in [3.05, 3.63) is 44.5 Å². The number of carbonyl (C=O) groups is 5. The van der Waals surface area contributed by atoms with E-state index in [2.05, 4.69) is 41.6 Å². The summed E-state index contributed by atoms with van der Waals surface area (Å²) in [5, 5.41) is 43.4. The number of aromatic nitrogens is 5. The van der Waals surface area contributed by atoms with E-state index in [1.165, 1.54) is 45.7 Å². The summed E-state index contributed by atoms with van der Waals surface area (Å²) >= 11 is 15.2. The van der Waals surface area contributed by atoms with E-state index < -0.39 is 53.2 Å². The van der Waals surface area contributed by atoms with Gasteiger partial charge < -0.3 is 31.0 Å². The highest BCUT2D eigenvalue weighted by Gasteiger charge is 2.54. The van der Waals surface area contributed by atoms with E-state index in [0.29, 0.717) is 17.1 Å². The molecule has 5 rings (SSSR count). The Kier molecular flexibility index (Phi) is 10.5. The number of aliphatic carboxylic acids is 1. The number of hydrogen-bond donors (Lipinski definition) is 5. The average molecular weight is 744 g/mol. The van der Waals surface area contributed by atoms with Crippen molar-refractivity contribution in [1.29, 1.82) is 0 Å². The molecule has 1 unspecified atom stereocenters. The van der Waals surface area contributed by atoms with Gasteiger partial charge in [0.15, 0.2) is 23.2 Å². The minimum absolute atomic E-state index is 0.0554. The number of β-lactam (4-membered cyclic amide) rings is 1. The molecule has 2 aliphatic rings. The standard InChI is InChI=1S/C24H20Cl2N10O8S3/c1-35-24(31-33-34-35)47-6-9-5-45-21-16(20(41)36(21)17(9)22(42)43)30-19(40)15(13-7-46-23(29-13)27-8-37)32-44-4-14(38)28-12-3-10(25)2-11(26)18(12)39/h2-3,7-8,16,21,39H,4-6H2,1H3,(H,28,38)(H,30,40)(H,42,43)(H,27,29,37)/t16?,21-/m1/s1. The van der Waals surface area contributed by atoms with Crippen LogP contribution in [0.5, 0.6) is 5.75 Å². The number of tetrazole rings is 1. The summed E-state index contributed by atoms with van der Waals surface area (Å²) in [7, 11) is 1.64. The number of phenols is 1. The molecule has 0 bridgehead atoms. The summed E-state index contributed by atoms with van der Waals surface area (Å²) in [6, 6.07) is 1.40. The number of thiazole rings is 1. The minimum atomic E-state index is -1.31. The van der Waals surface area contributed by atoms with Crippen LogP contribution in [0.4, 0.5) is 10.8 Å². The Morgan fingerprint density at radius 2 is 2.09 bits per heavy atom. The fraction of sp³-hybridized carbons (Fsp3) is 0.250. The molecule has 0 saturated carbocycles. The monoisotopic (exact) mass is 742 g/mol. The molecule has 0 radical (unpaired) electrons. The first-order valence-electron chi connectivity index (χ1n) is 12.9. The lowest BCUT2D eigenvalue weighted by molar-refractivity contribution is -0.150. The van der Waals surface area contributed by atoms with Gasteiger partial charge in [0.2, 0.25) is 11.6 Å². The molecule has 0 aliphatic carbocycles. The number of phenolic OH excluding ortho intramolecular Hbond substituents is 1. The molecule has 0 spiro atoms. The number of thioether (sulfide) groups is 2. The van der Waals surface area contributed by atoms with Gasteiger partial charge in [-0.05, 0) is 28.1 Å². The number of nitrogens with one attached hydrogen (secondary N) is 3. The molecule has 1 aromatic carbocycles. The van der Waals surface area contributed by atoms with Gasteiger partial charge in [0.25, 0.3) is 17.7 Å². The van der Waals surface area contributed by atoms with Crippen LogP contribution < -0.4 is 16.0 Å². The summed E-state index contributed by atoms with van der Waals surface area (Å²) in [5.41, 5.74) is -0.310. The fourth-order valence-electron chi connectivity index (χ4n) is 4.21. The lowest BCUT2D eigenvalue weighted by Crippen LogP contribution is -2.71. The Morgan fingerprint density at radius 1 is 1.30 bits per heavy atom. The molecule has 2 aromatic heterocycles. The highest BCUT2D eigenvalue weighted by Crippen LogP contribution is 2.41. The van der Waals surface area contributed by atoms with E-state index in [1.807, 2.05) is 0 Å². The van der Waals surface area contributed by atoms with Crippen LogP contribution in [0.3, 0.4) is 0 Å². The Balaban J connectivity index is 1.29. The normalized spacial score (nSPS) is 17.5. The number of hydrogen-bond acceptors (Lipinski definition) is 15. The molecular formula is C24H20Cl2N10O8S3. The maximum Gasteiger partial charge on any atom is 0.352 e. The van der Waals surface area contributed by atoms with Gasteiger partial charge in [-0.3, -0.25) is 24.1 Å². The highest BCUT2D eigenvalue weighted by molar-refractivity contribution is 8.01. The number of halogens is 2. The van der Waals surface area contributed by atoms with Gasteiger partial charge in [0.1, 0.15) is 22.8 Å². The van der Waals surface area contributed by atoms with E-state index in [4.69, 9.17) is 28.0 Å². The Bertz CT molecular complexity index is 1830. The summed E-state index contributed by atoms with van der Waals surface area (Å²) < 4.78 is 1.43. The van der Waals surface area contributed by atoms with Crippen LogP contribution in [0.15, 0.2) is 39.1 Å². The third-order valence-electron chi connectivity index (χ3n) is 6.29. The largest absolute Gasteiger partial charge is 0.504 e. The zero-order chi connectivity index (χ0) is 33.8. The summed E-state index contributed by atoms with van der Waals surface area (Å²) in [4.78, 5) is 72.5. The van der Waals surface area contributed by atoms with Crippen molar-refractivity contribution >= 4 is 105 Å². The van der Waals surface area contributed by atoms with E-state index >= 15 is 0 Å². The first-order chi connectivity index (χ1) is 22.5. The molecule has 47 heavy (non-hydrogen) atoms. The van der Waals surface area contributed by atoms with Crippen molar-refractivity contribution in [3.8, 4) is 5.75 Å². The number of carbonyl (C=O) groups excluding carboxylic acids is 4.